The van der Waals surface area contributed by atoms with E-state index < -0.39 is 9.84 Å². The molecular weight excluding hydrogens is 412 g/mol. The van der Waals surface area contributed by atoms with Crippen LogP contribution >= 0.6 is 0 Å². The van der Waals surface area contributed by atoms with Crippen LogP contribution in [-0.4, -0.2) is 68.2 Å². The molecule has 3 atom stereocenters. The van der Waals surface area contributed by atoms with Gasteiger partial charge in [-0.15, -0.1) is 0 Å². The summed E-state index contributed by atoms with van der Waals surface area (Å²) in [4.78, 5) is 17.8. The first kappa shape index (κ1) is 21.8. The van der Waals surface area contributed by atoms with Crippen molar-refractivity contribution >= 4 is 15.7 Å². The van der Waals surface area contributed by atoms with Gasteiger partial charge in [0.05, 0.1) is 17.4 Å². The second-order valence-electron chi connectivity index (χ2n) is 9.30. The van der Waals surface area contributed by atoms with Crippen LogP contribution in [0.3, 0.4) is 0 Å². The van der Waals surface area contributed by atoms with Gasteiger partial charge in [-0.1, -0.05) is 25.1 Å². The highest BCUT2D eigenvalue weighted by atomic mass is 32.2. The van der Waals surface area contributed by atoms with Gasteiger partial charge in [-0.25, -0.2) is 8.42 Å². The number of carbonyl (C=O) groups excluding carboxylic acids is 1. The minimum Gasteiger partial charge on any atom is -0.508 e. The van der Waals surface area contributed by atoms with E-state index in [1.807, 2.05) is 24.1 Å². The molecule has 1 fully saturated rings. The summed E-state index contributed by atoms with van der Waals surface area (Å²) in [6.07, 6.45) is 3.14. The van der Waals surface area contributed by atoms with Crippen LogP contribution in [0.1, 0.15) is 30.0 Å². The molecule has 1 aliphatic heterocycles. The number of carbonyl (C=O) groups is 1. The summed E-state index contributed by atoms with van der Waals surface area (Å²) < 4.78 is 23.4. The van der Waals surface area contributed by atoms with E-state index in [1.54, 1.807) is 30.3 Å². The van der Waals surface area contributed by atoms with Crippen LogP contribution in [0.4, 0.5) is 0 Å². The van der Waals surface area contributed by atoms with Gasteiger partial charge in [-0.2, -0.15) is 0 Å². The standard InChI is InChI=1S/C24H30N2O4S/c1-24-11-12-25(2)21(14-17-7-8-18(27)15-20(17)24)23(24)26(3)22(28)13-16-5-9-19(10-6-16)31(4,29)30/h5-10,15,21,23,27H,11-14H2,1-4H3/t21?,23-,24+/m0/s1. The van der Waals surface area contributed by atoms with Crippen molar-refractivity contribution in [3.05, 3.63) is 59.2 Å². The number of fused-ring (bicyclic) bond motifs is 4. The summed E-state index contributed by atoms with van der Waals surface area (Å²) in [5, 5.41) is 10.1. The number of piperidine rings is 1. The molecule has 1 aliphatic carbocycles. The Morgan fingerprint density at radius 2 is 1.90 bits per heavy atom. The Morgan fingerprint density at radius 3 is 2.55 bits per heavy atom. The number of likely N-dealkylation sites (tertiary alicyclic amines) is 1. The minimum atomic E-state index is -3.26. The molecule has 7 heteroatoms. The normalized spacial score (nSPS) is 25.7. The molecule has 4 rings (SSSR count). The van der Waals surface area contributed by atoms with Crippen molar-refractivity contribution in [2.75, 3.05) is 26.9 Å². The fraction of sp³-hybridized carbons (Fsp3) is 0.458. The molecule has 1 heterocycles. The van der Waals surface area contributed by atoms with Crippen molar-refractivity contribution in [2.45, 2.75) is 48.6 Å². The number of nitrogens with zero attached hydrogens (tertiary/aromatic N) is 2. The van der Waals surface area contributed by atoms with E-state index in [-0.39, 0.29) is 40.5 Å². The molecule has 1 saturated heterocycles. The Morgan fingerprint density at radius 1 is 1.23 bits per heavy atom. The van der Waals surface area contributed by atoms with Gasteiger partial charge in [0, 0.05) is 24.8 Å². The zero-order chi connectivity index (χ0) is 22.6. The van der Waals surface area contributed by atoms with E-state index in [1.165, 1.54) is 11.8 Å². The molecule has 2 bridgehead atoms. The second kappa shape index (κ2) is 7.64. The molecule has 2 aromatic carbocycles. The predicted octanol–water partition coefficient (Wildman–Crippen LogP) is 2.38. The van der Waals surface area contributed by atoms with Crippen molar-refractivity contribution in [1.82, 2.24) is 9.80 Å². The maximum absolute atomic E-state index is 13.3. The zero-order valence-corrected chi connectivity index (χ0v) is 19.3. The minimum absolute atomic E-state index is 0.00670. The van der Waals surface area contributed by atoms with Crippen LogP contribution in [0.15, 0.2) is 47.4 Å². The monoisotopic (exact) mass is 442 g/mol. The lowest BCUT2D eigenvalue weighted by molar-refractivity contribution is -0.136. The molecule has 0 spiro atoms. The van der Waals surface area contributed by atoms with Crippen molar-refractivity contribution in [3.63, 3.8) is 0 Å². The molecular formula is C24H30N2O4S. The van der Waals surface area contributed by atoms with Crippen LogP contribution in [-0.2, 0) is 32.9 Å². The lowest BCUT2D eigenvalue weighted by Gasteiger charge is -2.57. The Labute approximate surface area is 184 Å². The van der Waals surface area contributed by atoms with Crippen LogP contribution in [0.5, 0.6) is 5.75 Å². The van der Waals surface area contributed by atoms with Crippen LogP contribution in [0, 0.1) is 0 Å². The summed E-state index contributed by atoms with van der Waals surface area (Å²) in [7, 11) is 0.728. The molecule has 0 radical (unpaired) electrons. The van der Waals surface area contributed by atoms with Crippen LogP contribution in [0.2, 0.25) is 0 Å². The number of hydrogen-bond acceptors (Lipinski definition) is 5. The van der Waals surface area contributed by atoms with E-state index in [0.717, 1.165) is 30.5 Å². The van der Waals surface area contributed by atoms with Gasteiger partial charge in [0.25, 0.3) is 0 Å². The summed E-state index contributed by atoms with van der Waals surface area (Å²) in [5.74, 6) is 0.267. The van der Waals surface area contributed by atoms with Crippen LogP contribution < -0.4 is 0 Å². The van der Waals surface area contributed by atoms with E-state index >= 15 is 0 Å². The Bertz CT molecular complexity index is 1110. The quantitative estimate of drug-likeness (QED) is 0.787. The number of amides is 1. The van der Waals surface area contributed by atoms with Gasteiger partial charge in [0.15, 0.2) is 9.84 Å². The number of benzene rings is 2. The maximum atomic E-state index is 13.3. The van der Waals surface area contributed by atoms with Crippen molar-refractivity contribution in [1.29, 1.82) is 0 Å². The van der Waals surface area contributed by atoms with E-state index in [9.17, 15) is 18.3 Å². The van der Waals surface area contributed by atoms with Crippen LogP contribution in [0.25, 0.3) is 0 Å². The van der Waals surface area contributed by atoms with Gasteiger partial charge < -0.3 is 14.9 Å². The van der Waals surface area contributed by atoms with Gasteiger partial charge in [0.2, 0.25) is 5.91 Å². The van der Waals surface area contributed by atoms with Gasteiger partial charge >= 0.3 is 0 Å². The van der Waals surface area contributed by atoms with Crippen molar-refractivity contribution in [3.8, 4) is 5.75 Å². The molecule has 1 amide bonds. The molecule has 31 heavy (non-hydrogen) atoms. The molecule has 2 aromatic rings. The summed E-state index contributed by atoms with van der Waals surface area (Å²) >= 11 is 0. The molecule has 0 saturated carbocycles. The number of rotatable bonds is 4. The Hall–Kier alpha value is -2.38. The van der Waals surface area contributed by atoms with E-state index in [0.29, 0.717) is 0 Å². The van der Waals surface area contributed by atoms with Crippen molar-refractivity contribution < 1.29 is 18.3 Å². The molecule has 1 N–H and O–H groups in total. The number of sulfone groups is 1. The van der Waals surface area contributed by atoms with Gasteiger partial charge in [0.1, 0.15) is 5.75 Å². The molecule has 6 nitrogen and oxygen atoms in total. The number of phenols is 1. The highest BCUT2D eigenvalue weighted by Crippen LogP contribution is 2.47. The number of hydrogen-bond donors (Lipinski definition) is 1. The second-order valence-corrected chi connectivity index (χ2v) is 11.3. The maximum Gasteiger partial charge on any atom is 0.227 e. The average molecular weight is 443 g/mol. The Balaban J connectivity index is 1.62. The van der Waals surface area contributed by atoms with Gasteiger partial charge in [-0.3, -0.25) is 4.79 Å². The third-order valence-electron chi connectivity index (χ3n) is 7.22. The molecule has 1 unspecified atom stereocenters. The number of likely N-dealkylation sites (N-methyl/N-ethyl adjacent to an activating group) is 2. The van der Waals surface area contributed by atoms with E-state index in [4.69, 9.17) is 0 Å². The lowest BCUT2D eigenvalue weighted by atomic mass is 9.61. The first-order chi connectivity index (χ1) is 14.5. The zero-order valence-electron chi connectivity index (χ0n) is 18.5. The first-order valence-electron chi connectivity index (χ1n) is 10.6. The van der Waals surface area contributed by atoms with E-state index in [2.05, 4.69) is 18.9 Å². The molecule has 2 aliphatic rings. The Kier molecular flexibility index (Phi) is 5.38. The fourth-order valence-electron chi connectivity index (χ4n) is 5.44. The first-order valence-corrected chi connectivity index (χ1v) is 12.5. The lowest BCUT2D eigenvalue weighted by Crippen LogP contribution is -2.67. The molecule has 166 valence electrons. The SMILES string of the molecule is CN1CC[C@]2(C)c3cc(O)ccc3CC1[C@@H]2N(C)C(=O)Cc1ccc(S(C)(=O)=O)cc1. The largest absolute Gasteiger partial charge is 0.508 e. The number of aromatic hydroxyl groups is 1. The third-order valence-corrected chi connectivity index (χ3v) is 8.35. The highest BCUT2D eigenvalue weighted by molar-refractivity contribution is 7.90. The van der Waals surface area contributed by atoms with Gasteiger partial charge in [-0.05, 0) is 67.4 Å². The van der Waals surface area contributed by atoms with Crippen molar-refractivity contribution in [2.24, 2.45) is 0 Å². The smallest absolute Gasteiger partial charge is 0.227 e. The summed E-state index contributed by atoms with van der Waals surface area (Å²) in [5.41, 5.74) is 2.93. The summed E-state index contributed by atoms with van der Waals surface area (Å²) in [6.45, 7) is 3.15. The average Bonchev–Trinajstić information content (AvgIpc) is 2.71. The summed E-state index contributed by atoms with van der Waals surface area (Å²) in [6, 6.07) is 12.4. The topological polar surface area (TPSA) is 77.9 Å². The highest BCUT2D eigenvalue weighted by Gasteiger charge is 2.52. The fourth-order valence-corrected chi connectivity index (χ4v) is 6.07. The third kappa shape index (κ3) is 3.85. The molecule has 0 aromatic heterocycles. The predicted molar refractivity (Wildman–Crippen MR) is 120 cm³/mol. The number of phenolic OH excluding ortho intramolecular Hbond substituents is 1.